The minimum absolute atomic E-state index is 0.0706. The summed E-state index contributed by atoms with van der Waals surface area (Å²) in [7, 11) is 0. The van der Waals surface area contributed by atoms with Crippen LogP contribution in [0.1, 0.15) is 35.4 Å². The zero-order chi connectivity index (χ0) is 28.9. The van der Waals surface area contributed by atoms with E-state index >= 15 is 0 Å². The minimum Gasteiger partial charge on any atom is -0.507 e. The van der Waals surface area contributed by atoms with E-state index in [-0.39, 0.29) is 35.9 Å². The molecule has 11 heteroatoms. The molecule has 0 radical (unpaired) electrons. The van der Waals surface area contributed by atoms with Crippen molar-refractivity contribution in [1.29, 1.82) is 0 Å². The Morgan fingerprint density at radius 3 is 2.20 bits per heavy atom. The van der Waals surface area contributed by atoms with Gasteiger partial charge in [0, 0.05) is 10.4 Å². The molecule has 2 saturated heterocycles. The summed E-state index contributed by atoms with van der Waals surface area (Å²) in [6.45, 7) is 3.49. The SMILES string of the molecule is Cc1cc([C@H]2C3=CC[C@@H]4C(=O)N(c5ccc(Br)cc5)C(=O)[C@@H]4[C@@H]3C[C@@]3(Cl)C(=O)N(CBr)C(=O)[C@@]23Cl)cc(C)c1O. The fraction of sp³-hybridized carbons (Fsp3) is 0.379. The first-order valence-electron chi connectivity index (χ1n) is 12.8. The second kappa shape index (κ2) is 9.41. The van der Waals surface area contributed by atoms with Crippen LogP contribution in [-0.4, -0.2) is 48.8 Å². The van der Waals surface area contributed by atoms with Gasteiger partial charge in [-0.1, -0.05) is 55.6 Å². The number of phenolic OH excluding ortho intramolecular Hbond substituents is 1. The van der Waals surface area contributed by atoms with Crippen LogP contribution in [0.4, 0.5) is 5.69 Å². The molecule has 2 aromatic rings. The van der Waals surface area contributed by atoms with Gasteiger partial charge in [-0.2, -0.15) is 0 Å². The molecule has 7 nitrogen and oxygen atoms in total. The molecule has 0 aromatic heterocycles. The van der Waals surface area contributed by atoms with E-state index in [0.29, 0.717) is 28.0 Å². The number of carbonyl (C=O) groups excluding carboxylic acids is 4. The predicted molar refractivity (Wildman–Crippen MR) is 158 cm³/mol. The van der Waals surface area contributed by atoms with E-state index in [1.165, 1.54) is 4.90 Å². The van der Waals surface area contributed by atoms with Gasteiger partial charge in [-0.05, 0) is 73.6 Å². The Labute approximate surface area is 257 Å². The highest BCUT2D eigenvalue weighted by Gasteiger charge is 2.76. The molecule has 1 N–H and O–H groups in total. The average molecular weight is 711 g/mol. The number of aromatic hydroxyl groups is 1. The zero-order valence-corrected chi connectivity index (χ0v) is 26.1. The van der Waals surface area contributed by atoms with Crippen LogP contribution in [0.5, 0.6) is 5.75 Å². The van der Waals surface area contributed by atoms with E-state index in [1.807, 2.05) is 6.08 Å². The molecule has 40 heavy (non-hydrogen) atoms. The second-order valence-corrected chi connectivity index (χ2v) is 13.6. The molecular formula is C29H24Br2Cl2N2O5. The van der Waals surface area contributed by atoms with Gasteiger partial charge in [0.2, 0.25) is 11.8 Å². The van der Waals surface area contributed by atoms with Crippen molar-refractivity contribution in [2.24, 2.45) is 17.8 Å². The number of halogens is 4. The molecular weight excluding hydrogens is 687 g/mol. The standard InChI is InChI=1S/C29H24Br2Cl2N2O5/c1-13-9-15(10-14(2)23(13)36)22-18-7-8-19-21(25(38)35(24(19)37)17-5-3-16(31)4-6-17)20(18)11-28(32)26(39)34(12-30)27(40)29(22,28)33/h3-7,9-10,19-22,36H,8,11-12H2,1-2H3/t19-,20+,21-,22-,28+,29-/m0/s1. The van der Waals surface area contributed by atoms with Crippen molar-refractivity contribution in [1.82, 2.24) is 4.90 Å². The maximum atomic E-state index is 14.0. The Morgan fingerprint density at radius 2 is 1.60 bits per heavy atom. The lowest BCUT2D eigenvalue weighted by atomic mass is 9.56. The first-order valence-corrected chi connectivity index (χ1v) is 15.5. The first-order chi connectivity index (χ1) is 18.9. The van der Waals surface area contributed by atoms with Crippen LogP contribution in [-0.2, 0) is 19.2 Å². The molecule has 0 unspecified atom stereocenters. The third-order valence-corrected chi connectivity index (χ3v) is 11.4. The highest BCUT2D eigenvalue weighted by atomic mass is 79.9. The number of rotatable bonds is 3. The van der Waals surface area contributed by atoms with Gasteiger partial charge in [-0.25, -0.2) is 0 Å². The highest BCUT2D eigenvalue weighted by molar-refractivity contribution is 9.10. The number of carbonyl (C=O) groups is 4. The Bertz CT molecular complexity index is 1520. The van der Waals surface area contributed by atoms with Crippen LogP contribution in [0.3, 0.4) is 0 Å². The maximum absolute atomic E-state index is 14.0. The monoisotopic (exact) mass is 708 g/mol. The Kier molecular flexibility index (Phi) is 6.57. The molecule has 2 aliphatic carbocycles. The molecule has 0 spiro atoms. The topological polar surface area (TPSA) is 95.0 Å². The van der Waals surface area contributed by atoms with Crippen molar-refractivity contribution in [3.63, 3.8) is 0 Å². The Hall–Kier alpha value is -2.20. The van der Waals surface area contributed by atoms with Crippen LogP contribution in [0, 0.1) is 31.6 Å². The van der Waals surface area contributed by atoms with Gasteiger partial charge in [0.25, 0.3) is 11.8 Å². The predicted octanol–water partition coefficient (Wildman–Crippen LogP) is 5.69. The van der Waals surface area contributed by atoms with E-state index in [0.717, 1.165) is 9.37 Å². The summed E-state index contributed by atoms with van der Waals surface area (Å²) in [4.78, 5) is 53.7. The number of benzene rings is 2. The number of alkyl halides is 3. The molecule has 4 aliphatic rings. The van der Waals surface area contributed by atoms with Crippen molar-refractivity contribution in [3.8, 4) is 5.75 Å². The van der Waals surface area contributed by atoms with Gasteiger partial charge >= 0.3 is 0 Å². The molecule has 1 saturated carbocycles. The van der Waals surface area contributed by atoms with E-state index in [4.69, 9.17) is 23.2 Å². The van der Waals surface area contributed by atoms with E-state index in [1.54, 1.807) is 50.2 Å². The molecule has 0 bridgehead atoms. The third-order valence-electron chi connectivity index (χ3n) is 8.95. The fourth-order valence-electron chi connectivity index (χ4n) is 7.13. The van der Waals surface area contributed by atoms with Gasteiger partial charge in [-0.15, -0.1) is 23.2 Å². The van der Waals surface area contributed by atoms with Crippen LogP contribution < -0.4 is 4.90 Å². The Balaban J connectivity index is 1.53. The molecule has 2 heterocycles. The van der Waals surface area contributed by atoms with Crippen LogP contribution in [0.15, 0.2) is 52.5 Å². The Morgan fingerprint density at radius 1 is 0.975 bits per heavy atom. The number of phenols is 1. The minimum atomic E-state index is -1.87. The van der Waals surface area contributed by atoms with Crippen molar-refractivity contribution >= 4 is 84.4 Å². The largest absolute Gasteiger partial charge is 0.507 e. The molecule has 6 atom stereocenters. The molecule has 4 amide bonds. The summed E-state index contributed by atoms with van der Waals surface area (Å²) < 4.78 is 0.814. The number of hydrogen-bond donors (Lipinski definition) is 1. The molecule has 2 aliphatic heterocycles. The second-order valence-electron chi connectivity index (χ2n) is 11.0. The summed E-state index contributed by atoms with van der Waals surface area (Å²) in [5, 5.41) is 10.5. The lowest BCUT2D eigenvalue weighted by molar-refractivity contribution is -0.138. The molecule has 2 aromatic carbocycles. The number of aryl methyl sites for hydroxylation is 2. The third kappa shape index (κ3) is 3.53. The molecule has 208 valence electrons. The summed E-state index contributed by atoms with van der Waals surface area (Å²) >= 11 is 21.1. The van der Waals surface area contributed by atoms with Gasteiger partial charge in [-0.3, -0.25) is 29.0 Å². The number of hydrogen-bond acceptors (Lipinski definition) is 5. The van der Waals surface area contributed by atoms with Crippen molar-refractivity contribution < 1.29 is 24.3 Å². The summed E-state index contributed by atoms with van der Waals surface area (Å²) in [6.07, 6.45) is 2.12. The van der Waals surface area contributed by atoms with Gasteiger partial charge in [0.1, 0.15) is 5.75 Å². The van der Waals surface area contributed by atoms with Crippen molar-refractivity contribution in [3.05, 3.63) is 69.2 Å². The van der Waals surface area contributed by atoms with Crippen molar-refractivity contribution in [2.75, 3.05) is 10.4 Å². The van der Waals surface area contributed by atoms with Gasteiger partial charge in [0.15, 0.2) is 9.75 Å². The quantitative estimate of drug-likeness (QED) is 0.191. The number of likely N-dealkylation sites (tertiary alicyclic amines) is 1. The number of imide groups is 2. The summed E-state index contributed by atoms with van der Waals surface area (Å²) in [5.74, 6) is -4.67. The number of anilines is 1. The lowest BCUT2D eigenvalue weighted by Gasteiger charge is -2.51. The first kappa shape index (κ1) is 27.9. The van der Waals surface area contributed by atoms with Gasteiger partial charge < -0.3 is 5.11 Å². The van der Waals surface area contributed by atoms with Crippen LogP contribution >= 0.6 is 55.1 Å². The molecule has 6 rings (SSSR count). The zero-order valence-electron chi connectivity index (χ0n) is 21.5. The number of allylic oxidation sites excluding steroid dienone is 2. The average Bonchev–Trinajstić information content (AvgIpc) is 3.25. The fourth-order valence-corrected chi connectivity index (χ4v) is 8.82. The van der Waals surface area contributed by atoms with Crippen LogP contribution in [0.2, 0.25) is 0 Å². The number of amides is 4. The highest BCUT2D eigenvalue weighted by Crippen LogP contribution is 2.65. The van der Waals surface area contributed by atoms with E-state index in [2.05, 4.69) is 31.9 Å². The normalized spacial score (nSPS) is 33.2. The van der Waals surface area contributed by atoms with E-state index in [9.17, 15) is 24.3 Å². The summed E-state index contributed by atoms with van der Waals surface area (Å²) in [5.41, 5.74) is 2.87. The number of nitrogens with zero attached hydrogens (tertiary/aromatic N) is 2. The van der Waals surface area contributed by atoms with Gasteiger partial charge in [0.05, 0.1) is 23.0 Å². The number of fused-ring (bicyclic) bond motifs is 4. The summed E-state index contributed by atoms with van der Waals surface area (Å²) in [6, 6.07) is 10.4. The van der Waals surface area contributed by atoms with Crippen LogP contribution in [0.25, 0.3) is 0 Å². The molecule has 3 fully saturated rings. The van der Waals surface area contributed by atoms with E-state index < -0.39 is 45.2 Å². The maximum Gasteiger partial charge on any atom is 0.254 e. The lowest BCUT2D eigenvalue weighted by Crippen LogP contribution is -2.60. The smallest absolute Gasteiger partial charge is 0.254 e. The van der Waals surface area contributed by atoms with Crippen molar-refractivity contribution in [2.45, 2.75) is 42.4 Å².